The number of nitrogens with one attached hydrogen (secondary N) is 1. The Morgan fingerprint density at radius 3 is 2.64 bits per heavy atom. The van der Waals surface area contributed by atoms with Gasteiger partial charge in [0.05, 0.1) is 18.5 Å². The molecule has 0 radical (unpaired) electrons. The van der Waals surface area contributed by atoms with Crippen LogP contribution in [0.3, 0.4) is 0 Å². The molecule has 1 N–H and O–H groups in total. The number of esters is 1. The van der Waals surface area contributed by atoms with Gasteiger partial charge in [0.15, 0.2) is 17.0 Å². The zero-order valence-electron chi connectivity index (χ0n) is 20.9. The quantitative estimate of drug-likeness (QED) is 0.281. The van der Waals surface area contributed by atoms with Crippen LogP contribution < -0.4 is 10.2 Å². The normalized spacial score (nSPS) is 14.7. The summed E-state index contributed by atoms with van der Waals surface area (Å²) in [6, 6.07) is 0.380. The van der Waals surface area contributed by atoms with Crippen molar-refractivity contribution in [2.45, 2.75) is 97.8 Å². The van der Waals surface area contributed by atoms with Crippen LogP contribution in [-0.2, 0) is 20.8 Å². The van der Waals surface area contributed by atoms with Crippen LogP contribution in [0, 0.1) is 0 Å². The SMILES string of the molecule is CCCCCN(COC(C)(C)C)c1nc(NC2CCCC2)c2ncn(CC(=O)OCC)c2n1. The van der Waals surface area contributed by atoms with Crippen LogP contribution in [0.25, 0.3) is 11.2 Å². The van der Waals surface area contributed by atoms with Crippen molar-refractivity contribution in [3.63, 3.8) is 0 Å². The average Bonchev–Trinajstić information content (AvgIpc) is 3.40. The van der Waals surface area contributed by atoms with E-state index in [0.29, 0.717) is 36.5 Å². The van der Waals surface area contributed by atoms with Gasteiger partial charge >= 0.3 is 5.97 Å². The predicted octanol–water partition coefficient (Wildman–Crippen LogP) is 4.51. The van der Waals surface area contributed by atoms with Crippen molar-refractivity contribution >= 4 is 28.9 Å². The topological polar surface area (TPSA) is 94.4 Å². The van der Waals surface area contributed by atoms with E-state index in [1.807, 2.05) is 20.8 Å². The molecule has 9 heteroatoms. The maximum atomic E-state index is 12.2. The molecule has 0 bridgehead atoms. The molecule has 1 aliphatic carbocycles. The van der Waals surface area contributed by atoms with E-state index in [9.17, 15) is 4.79 Å². The monoisotopic (exact) mass is 460 g/mol. The maximum absolute atomic E-state index is 12.2. The maximum Gasteiger partial charge on any atom is 0.326 e. The molecular weight excluding hydrogens is 420 g/mol. The lowest BCUT2D eigenvalue weighted by molar-refractivity contribution is -0.143. The summed E-state index contributed by atoms with van der Waals surface area (Å²) in [4.78, 5) is 28.6. The van der Waals surface area contributed by atoms with E-state index < -0.39 is 0 Å². The first-order valence-corrected chi connectivity index (χ1v) is 12.3. The molecule has 3 rings (SSSR count). The highest BCUT2D eigenvalue weighted by molar-refractivity contribution is 5.85. The Bertz CT molecular complexity index is 901. The number of hydrogen-bond acceptors (Lipinski definition) is 8. The van der Waals surface area contributed by atoms with Gasteiger partial charge in [0.1, 0.15) is 13.3 Å². The lowest BCUT2D eigenvalue weighted by atomic mass is 10.2. The zero-order valence-corrected chi connectivity index (χ0v) is 20.9. The molecule has 0 amide bonds. The summed E-state index contributed by atoms with van der Waals surface area (Å²) < 4.78 is 13.0. The summed E-state index contributed by atoms with van der Waals surface area (Å²) in [6.45, 7) is 11.7. The summed E-state index contributed by atoms with van der Waals surface area (Å²) >= 11 is 0. The van der Waals surface area contributed by atoms with Crippen LogP contribution in [0.15, 0.2) is 6.33 Å². The Balaban J connectivity index is 1.97. The predicted molar refractivity (Wildman–Crippen MR) is 130 cm³/mol. The highest BCUT2D eigenvalue weighted by atomic mass is 16.5. The Labute approximate surface area is 197 Å². The molecule has 0 spiro atoms. The van der Waals surface area contributed by atoms with Crippen LogP contribution in [0.4, 0.5) is 11.8 Å². The van der Waals surface area contributed by atoms with Crippen LogP contribution in [0.1, 0.15) is 79.6 Å². The number of imidazole rings is 1. The third-order valence-corrected chi connectivity index (χ3v) is 5.72. The second-order valence-corrected chi connectivity index (χ2v) is 9.70. The van der Waals surface area contributed by atoms with Gasteiger partial charge in [0.25, 0.3) is 0 Å². The van der Waals surface area contributed by atoms with Crippen LogP contribution in [-0.4, -0.2) is 57.0 Å². The number of carbonyl (C=O) groups excluding carboxylic acids is 1. The van der Waals surface area contributed by atoms with Crippen LogP contribution >= 0.6 is 0 Å². The Morgan fingerprint density at radius 1 is 1.21 bits per heavy atom. The summed E-state index contributed by atoms with van der Waals surface area (Å²) in [5.74, 6) is 1.01. The third-order valence-electron chi connectivity index (χ3n) is 5.72. The number of fused-ring (bicyclic) bond motifs is 1. The highest BCUT2D eigenvalue weighted by Crippen LogP contribution is 2.28. The highest BCUT2D eigenvalue weighted by Gasteiger charge is 2.23. The molecule has 1 saturated carbocycles. The molecule has 0 aliphatic heterocycles. The van der Waals surface area contributed by atoms with Gasteiger partial charge in [0.2, 0.25) is 5.95 Å². The molecule has 2 aromatic rings. The minimum atomic E-state index is -0.307. The molecule has 0 atom stereocenters. The van der Waals surface area contributed by atoms with E-state index in [0.717, 1.165) is 44.5 Å². The smallest absolute Gasteiger partial charge is 0.326 e. The number of unbranched alkanes of at least 4 members (excludes halogenated alkanes) is 2. The van der Waals surface area contributed by atoms with Crippen molar-refractivity contribution < 1.29 is 14.3 Å². The van der Waals surface area contributed by atoms with E-state index in [1.54, 1.807) is 17.8 Å². The lowest BCUT2D eigenvalue weighted by Gasteiger charge is -2.28. The summed E-state index contributed by atoms with van der Waals surface area (Å²) in [7, 11) is 0. The van der Waals surface area contributed by atoms with Gasteiger partial charge in [-0.1, -0.05) is 32.6 Å². The fourth-order valence-corrected chi connectivity index (χ4v) is 3.95. The van der Waals surface area contributed by atoms with E-state index in [-0.39, 0.29) is 18.1 Å². The summed E-state index contributed by atoms with van der Waals surface area (Å²) in [5, 5.41) is 3.60. The number of carbonyl (C=O) groups is 1. The van der Waals surface area contributed by atoms with Gasteiger partial charge < -0.3 is 24.3 Å². The van der Waals surface area contributed by atoms with Gasteiger partial charge in [-0.2, -0.15) is 9.97 Å². The zero-order chi connectivity index (χ0) is 23.8. The minimum Gasteiger partial charge on any atom is -0.465 e. The second kappa shape index (κ2) is 11.6. The first kappa shape index (κ1) is 25.2. The van der Waals surface area contributed by atoms with E-state index in [2.05, 4.69) is 22.1 Å². The van der Waals surface area contributed by atoms with Crippen LogP contribution in [0.2, 0.25) is 0 Å². The second-order valence-electron chi connectivity index (χ2n) is 9.70. The van der Waals surface area contributed by atoms with Crippen molar-refractivity contribution in [2.24, 2.45) is 0 Å². The van der Waals surface area contributed by atoms with Crippen molar-refractivity contribution in [1.29, 1.82) is 0 Å². The van der Waals surface area contributed by atoms with Crippen molar-refractivity contribution in [3.05, 3.63) is 6.33 Å². The average molecular weight is 461 g/mol. The number of ether oxygens (including phenoxy) is 2. The molecule has 2 heterocycles. The fourth-order valence-electron chi connectivity index (χ4n) is 3.95. The van der Waals surface area contributed by atoms with Crippen molar-refractivity contribution in [2.75, 3.05) is 30.1 Å². The molecule has 1 aliphatic rings. The number of aromatic nitrogens is 4. The molecule has 2 aromatic heterocycles. The van der Waals surface area contributed by atoms with E-state index in [1.165, 1.54) is 12.8 Å². The summed E-state index contributed by atoms with van der Waals surface area (Å²) in [5.41, 5.74) is 1.04. The van der Waals surface area contributed by atoms with Crippen molar-refractivity contribution in [1.82, 2.24) is 19.5 Å². The van der Waals surface area contributed by atoms with Gasteiger partial charge in [-0.25, -0.2) is 4.98 Å². The molecule has 184 valence electrons. The van der Waals surface area contributed by atoms with Crippen LogP contribution in [0.5, 0.6) is 0 Å². The third kappa shape index (κ3) is 7.28. The minimum absolute atomic E-state index is 0.0674. The van der Waals surface area contributed by atoms with E-state index >= 15 is 0 Å². The van der Waals surface area contributed by atoms with Gasteiger partial charge in [-0.05, 0) is 47.0 Å². The number of anilines is 2. The fraction of sp³-hybridized carbons (Fsp3) is 0.750. The molecule has 0 aromatic carbocycles. The first-order valence-electron chi connectivity index (χ1n) is 12.3. The molecular formula is C24H40N6O3. The van der Waals surface area contributed by atoms with Gasteiger partial charge in [0, 0.05) is 12.6 Å². The number of rotatable bonds is 12. The number of hydrogen-bond donors (Lipinski definition) is 1. The Hall–Kier alpha value is -2.42. The molecule has 1 fully saturated rings. The standard InChI is InChI=1S/C24H40N6O3/c1-6-8-11-14-29(17-33-24(3,4)5)23-27-21(26-18-12-9-10-13-18)20-22(28-23)30(16-25-20)15-19(31)32-7-2/h16,18H,6-15,17H2,1-5H3,(H,26,27,28). The van der Waals surface area contributed by atoms with Gasteiger partial charge in [-0.3, -0.25) is 4.79 Å². The Morgan fingerprint density at radius 2 is 1.97 bits per heavy atom. The van der Waals surface area contributed by atoms with Gasteiger partial charge in [-0.15, -0.1) is 0 Å². The first-order chi connectivity index (χ1) is 15.8. The largest absolute Gasteiger partial charge is 0.465 e. The van der Waals surface area contributed by atoms with E-state index in [4.69, 9.17) is 19.4 Å². The lowest BCUT2D eigenvalue weighted by Crippen LogP contribution is -2.34. The molecule has 9 nitrogen and oxygen atoms in total. The van der Waals surface area contributed by atoms with Crippen molar-refractivity contribution in [3.8, 4) is 0 Å². The summed E-state index contributed by atoms with van der Waals surface area (Å²) in [6.07, 6.45) is 9.62. The molecule has 0 unspecified atom stereocenters. The number of nitrogens with zero attached hydrogens (tertiary/aromatic N) is 5. The Kier molecular flexibility index (Phi) is 8.88. The molecule has 0 saturated heterocycles. The molecule has 33 heavy (non-hydrogen) atoms.